The molecule has 2 saturated heterocycles. The summed E-state index contributed by atoms with van der Waals surface area (Å²) in [6, 6.07) is 0. The van der Waals surface area contributed by atoms with Crippen LogP contribution in [0.15, 0.2) is 6.33 Å². The average molecular weight is 336 g/mol. The Hall–Kier alpha value is -0.980. The SMILES string of the molecule is CC(C)(C)n1ncnc1CN1CCC(OCC2CCCCO2)CC1. The molecule has 2 fully saturated rings. The quantitative estimate of drug-likeness (QED) is 0.827. The number of nitrogens with zero attached hydrogens (tertiary/aromatic N) is 4. The van der Waals surface area contributed by atoms with E-state index in [9.17, 15) is 0 Å². The fourth-order valence-electron chi connectivity index (χ4n) is 3.55. The summed E-state index contributed by atoms with van der Waals surface area (Å²) in [5.74, 6) is 1.05. The Balaban J connectivity index is 1.41. The highest BCUT2D eigenvalue weighted by atomic mass is 16.5. The molecule has 2 aliphatic heterocycles. The molecular weight excluding hydrogens is 304 g/mol. The lowest BCUT2D eigenvalue weighted by molar-refractivity contribution is -0.0755. The summed E-state index contributed by atoms with van der Waals surface area (Å²) < 4.78 is 13.9. The highest BCUT2D eigenvalue weighted by Gasteiger charge is 2.25. The van der Waals surface area contributed by atoms with Crippen molar-refractivity contribution in [2.45, 2.75) is 77.2 Å². The van der Waals surface area contributed by atoms with Crippen LogP contribution in [0.3, 0.4) is 0 Å². The van der Waals surface area contributed by atoms with Crippen molar-refractivity contribution in [3.8, 4) is 0 Å². The van der Waals surface area contributed by atoms with Gasteiger partial charge in [-0.05, 0) is 52.9 Å². The normalized spacial score (nSPS) is 24.4. The third-order valence-electron chi connectivity index (χ3n) is 4.95. The lowest BCUT2D eigenvalue weighted by atomic mass is 10.1. The first-order chi connectivity index (χ1) is 11.5. The predicted octanol–water partition coefficient (Wildman–Crippen LogP) is 2.58. The van der Waals surface area contributed by atoms with Crippen LogP contribution in [0.1, 0.15) is 58.7 Å². The van der Waals surface area contributed by atoms with Crippen LogP contribution in [0, 0.1) is 0 Å². The van der Waals surface area contributed by atoms with E-state index in [1.807, 2.05) is 4.68 Å². The van der Waals surface area contributed by atoms with Crippen LogP contribution in [0.2, 0.25) is 0 Å². The summed E-state index contributed by atoms with van der Waals surface area (Å²) in [7, 11) is 0. The summed E-state index contributed by atoms with van der Waals surface area (Å²) in [5, 5.41) is 4.39. The second-order valence-electron chi connectivity index (χ2n) is 8.06. The third kappa shape index (κ3) is 4.77. The summed E-state index contributed by atoms with van der Waals surface area (Å²) in [4.78, 5) is 6.92. The third-order valence-corrected chi connectivity index (χ3v) is 4.95. The molecule has 0 amide bonds. The second-order valence-corrected chi connectivity index (χ2v) is 8.06. The van der Waals surface area contributed by atoms with Crippen LogP contribution >= 0.6 is 0 Å². The number of likely N-dealkylation sites (tertiary alicyclic amines) is 1. The molecule has 0 N–H and O–H groups in total. The smallest absolute Gasteiger partial charge is 0.141 e. The molecule has 3 heterocycles. The molecule has 0 spiro atoms. The minimum atomic E-state index is -0.0206. The maximum atomic E-state index is 6.10. The van der Waals surface area contributed by atoms with E-state index in [1.165, 1.54) is 12.8 Å². The maximum absolute atomic E-state index is 6.10. The molecule has 6 heteroatoms. The first-order valence-electron chi connectivity index (χ1n) is 9.37. The zero-order valence-corrected chi connectivity index (χ0v) is 15.4. The van der Waals surface area contributed by atoms with Gasteiger partial charge in [-0.1, -0.05) is 0 Å². The Morgan fingerprint density at radius 1 is 1.21 bits per heavy atom. The van der Waals surface area contributed by atoms with E-state index in [4.69, 9.17) is 9.47 Å². The van der Waals surface area contributed by atoms with Crippen molar-refractivity contribution in [2.24, 2.45) is 0 Å². The summed E-state index contributed by atoms with van der Waals surface area (Å²) in [6.45, 7) is 11.2. The topological polar surface area (TPSA) is 52.4 Å². The number of aromatic nitrogens is 3. The van der Waals surface area contributed by atoms with Crippen LogP contribution < -0.4 is 0 Å². The van der Waals surface area contributed by atoms with Crippen LogP contribution in [0.4, 0.5) is 0 Å². The number of piperidine rings is 1. The monoisotopic (exact) mass is 336 g/mol. The van der Waals surface area contributed by atoms with E-state index in [-0.39, 0.29) is 5.54 Å². The van der Waals surface area contributed by atoms with Crippen LogP contribution in [0.5, 0.6) is 0 Å². The molecule has 0 aromatic carbocycles. The standard InChI is InChI=1S/C18H32N4O2/c1-18(2,3)22-17(19-14-20-22)12-21-9-7-15(8-10-21)24-13-16-6-4-5-11-23-16/h14-16H,4-13H2,1-3H3. The van der Waals surface area contributed by atoms with Crippen molar-refractivity contribution >= 4 is 0 Å². The van der Waals surface area contributed by atoms with Gasteiger partial charge in [0.25, 0.3) is 0 Å². The van der Waals surface area contributed by atoms with E-state index >= 15 is 0 Å². The largest absolute Gasteiger partial charge is 0.376 e. The fourth-order valence-corrected chi connectivity index (χ4v) is 3.55. The Bertz CT molecular complexity index is 497. The Morgan fingerprint density at radius 2 is 2.00 bits per heavy atom. The van der Waals surface area contributed by atoms with Gasteiger partial charge >= 0.3 is 0 Å². The molecule has 136 valence electrons. The molecule has 1 aromatic rings. The molecule has 3 rings (SSSR count). The summed E-state index contributed by atoms with van der Waals surface area (Å²) in [6.07, 6.45) is 8.19. The molecule has 0 radical (unpaired) electrons. The lowest BCUT2D eigenvalue weighted by Crippen LogP contribution is -2.39. The van der Waals surface area contributed by atoms with Crippen molar-refractivity contribution < 1.29 is 9.47 Å². The molecule has 0 saturated carbocycles. The van der Waals surface area contributed by atoms with Crippen LogP contribution in [-0.2, 0) is 21.6 Å². The highest BCUT2D eigenvalue weighted by molar-refractivity contribution is 4.91. The Kier molecular flexibility index (Phi) is 5.89. The minimum absolute atomic E-state index is 0.0206. The Labute approximate surface area is 145 Å². The van der Waals surface area contributed by atoms with Crippen molar-refractivity contribution in [1.29, 1.82) is 0 Å². The van der Waals surface area contributed by atoms with Crippen LogP contribution in [-0.4, -0.2) is 58.2 Å². The first kappa shape index (κ1) is 17.8. The lowest BCUT2D eigenvalue weighted by Gasteiger charge is -2.33. The highest BCUT2D eigenvalue weighted by Crippen LogP contribution is 2.20. The van der Waals surface area contributed by atoms with Gasteiger partial charge < -0.3 is 9.47 Å². The molecular formula is C18H32N4O2. The van der Waals surface area contributed by atoms with E-state index in [0.717, 1.165) is 57.9 Å². The van der Waals surface area contributed by atoms with Crippen molar-refractivity contribution in [3.05, 3.63) is 12.2 Å². The van der Waals surface area contributed by atoms with Gasteiger partial charge in [-0.3, -0.25) is 4.90 Å². The van der Waals surface area contributed by atoms with E-state index in [0.29, 0.717) is 12.2 Å². The van der Waals surface area contributed by atoms with Gasteiger partial charge in [0, 0.05) is 19.7 Å². The zero-order chi connectivity index (χ0) is 17.0. The van der Waals surface area contributed by atoms with Crippen molar-refractivity contribution in [2.75, 3.05) is 26.3 Å². The minimum Gasteiger partial charge on any atom is -0.376 e. The van der Waals surface area contributed by atoms with Gasteiger partial charge in [-0.2, -0.15) is 5.10 Å². The van der Waals surface area contributed by atoms with Gasteiger partial charge in [0.1, 0.15) is 12.2 Å². The first-order valence-corrected chi connectivity index (χ1v) is 9.37. The van der Waals surface area contributed by atoms with Crippen molar-refractivity contribution in [1.82, 2.24) is 19.7 Å². The number of ether oxygens (including phenoxy) is 2. The predicted molar refractivity (Wildman–Crippen MR) is 92.9 cm³/mol. The zero-order valence-electron chi connectivity index (χ0n) is 15.4. The molecule has 24 heavy (non-hydrogen) atoms. The molecule has 1 atom stereocenters. The van der Waals surface area contributed by atoms with E-state index < -0.39 is 0 Å². The molecule has 0 aliphatic carbocycles. The summed E-state index contributed by atoms with van der Waals surface area (Å²) in [5.41, 5.74) is -0.0206. The van der Waals surface area contributed by atoms with Gasteiger partial charge in [0.2, 0.25) is 0 Å². The molecule has 0 bridgehead atoms. The van der Waals surface area contributed by atoms with Gasteiger partial charge in [0.15, 0.2) is 0 Å². The second kappa shape index (κ2) is 7.93. The summed E-state index contributed by atoms with van der Waals surface area (Å²) >= 11 is 0. The van der Waals surface area contributed by atoms with E-state index in [1.54, 1.807) is 6.33 Å². The molecule has 1 aromatic heterocycles. The van der Waals surface area contributed by atoms with Gasteiger partial charge in [0.05, 0.1) is 30.9 Å². The number of rotatable bonds is 5. The van der Waals surface area contributed by atoms with Gasteiger partial charge in [-0.25, -0.2) is 9.67 Å². The fraction of sp³-hybridized carbons (Fsp3) is 0.889. The maximum Gasteiger partial charge on any atom is 0.141 e. The number of hydrogen-bond acceptors (Lipinski definition) is 5. The molecule has 6 nitrogen and oxygen atoms in total. The Morgan fingerprint density at radius 3 is 2.67 bits per heavy atom. The van der Waals surface area contributed by atoms with Crippen molar-refractivity contribution in [3.63, 3.8) is 0 Å². The van der Waals surface area contributed by atoms with E-state index in [2.05, 4.69) is 35.8 Å². The number of hydrogen-bond donors (Lipinski definition) is 0. The molecule has 1 unspecified atom stereocenters. The molecule has 2 aliphatic rings. The van der Waals surface area contributed by atoms with Gasteiger partial charge in [-0.15, -0.1) is 0 Å². The average Bonchev–Trinajstić information content (AvgIpc) is 3.04. The van der Waals surface area contributed by atoms with Crippen LogP contribution in [0.25, 0.3) is 0 Å².